The molecule has 0 spiro atoms. The number of nitriles is 3. The predicted molar refractivity (Wildman–Crippen MR) is 511 cm³/mol. The minimum absolute atomic E-state index is 0. The number of nitro groups is 2. The van der Waals surface area contributed by atoms with Crippen molar-refractivity contribution in [2.45, 2.75) is 153 Å². The van der Waals surface area contributed by atoms with E-state index in [0.29, 0.717) is 83.3 Å². The van der Waals surface area contributed by atoms with Crippen molar-refractivity contribution in [2.24, 2.45) is 5.73 Å². The number of nitrogens with two attached hydrogens (primary N) is 3. The number of halogens is 2. The first-order valence-corrected chi connectivity index (χ1v) is 42.9. The van der Waals surface area contributed by atoms with E-state index in [1.165, 1.54) is 49.9 Å². The number of anilines is 2. The summed E-state index contributed by atoms with van der Waals surface area (Å²) in [4.78, 5) is 62.6. The average molecular weight is 1980 g/mol. The third kappa shape index (κ3) is 53.9. The molecule has 36 nitrogen and oxygen atoms in total. The first-order chi connectivity index (χ1) is 61.2. The highest BCUT2D eigenvalue weighted by atomic mass is 79.9. The summed E-state index contributed by atoms with van der Waals surface area (Å²) in [5.74, 6) is 2.77. The molecule has 0 saturated carbocycles. The van der Waals surface area contributed by atoms with Crippen LogP contribution in [-0.4, -0.2) is 151 Å². The van der Waals surface area contributed by atoms with E-state index in [2.05, 4.69) is 41.9 Å². The Morgan fingerprint density at radius 2 is 0.818 bits per heavy atom. The molecule has 0 unspecified atom stereocenters. The van der Waals surface area contributed by atoms with E-state index < -0.39 is 67.7 Å². The van der Waals surface area contributed by atoms with Crippen LogP contribution in [0, 0.1) is 64.3 Å². The van der Waals surface area contributed by atoms with Crippen LogP contribution >= 0.6 is 31.9 Å². The smallest absolute Gasteiger partial charge is 0.494 e. The first kappa shape index (κ1) is 121. The van der Waals surface area contributed by atoms with Gasteiger partial charge in [0.2, 0.25) is 0 Å². The van der Waals surface area contributed by atoms with Gasteiger partial charge in [-0.25, -0.2) is 14.4 Å². The second-order valence-electron chi connectivity index (χ2n) is 29.1. The lowest BCUT2D eigenvalue weighted by molar-refractivity contribution is -0.742. The minimum Gasteiger partial charge on any atom is -0.494 e. The Labute approximate surface area is 789 Å². The molecular weight excluding hydrogens is 1860 g/mol. The lowest BCUT2D eigenvalue weighted by Crippen LogP contribution is -2.32. The Morgan fingerprint density at radius 3 is 1.16 bits per heavy atom. The maximum Gasteiger partial charge on any atom is 0.519 e. The van der Waals surface area contributed by atoms with Crippen LogP contribution in [0.15, 0.2) is 203 Å². The molecule has 0 aliphatic carbocycles. The molecule has 9 aromatic carbocycles. The van der Waals surface area contributed by atoms with Crippen molar-refractivity contribution in [3.05, 3.63) is 261 Å². The van der Waals surface area contributed by atoms with Crippen LogP contribution in [0.3, 0.4) is 0 Å². The minimum atomic E-state index is -4.67. The highest BCUT2D eigenvalue weighted by Crippen LogP contribution is 2.39. The standard InChI is InChI=1S/C20H26N2O3.C15H12N2O3.C15H18N2O.C10H18O5.C8H11BO3.C7H3BrN2O2.C7H4BrN.2C4H8O.CH4.B.HNO3.H2O4S/c1-5-24-18-9-7-6-8-16(18)15-11-10-14(12-17(15)21)13-22-19(23)25-20(2,3)4;1-2-20-15-6-4-3-5-13(15)12-8-7-11(10-16)9-14(12)17(18)19;1-2-18-15-6-4-3-5-13(15)12-8-7-11(10-16)9-14(12)17;1-9(2,3)14-7(11)13-8(12)15-10(4,5)6;1-2-12-8-6-4-3-5-7(8)9(10)11;8-6-2-1-5(4-9)3-7(6)10(11)12;8-7-3-1-6(5-9)2-4-7;2*1-2-4-5-3-1;;;2-1(3)4;1-5(2,3)4/h6-12H,5,13,21H2,1-4H3,(H,22,23);3-9H,2H2,1H3;3-9H,2,10,16-17H2,1H3;1-6H3;3-6,10-11H,2H2,1H3;1-3H;1-4H;2*1-4H2;1H4;;(H,2,3,4);(H2,1,2,3,4). The SMILES string of the molecule is C.C1CCOC1.C1CCOC1.CC(C)(C)OC(=O)OC(=O)OC(C)(C)C.CCOc1ccccc1-c1ccc(C#N)cc1[N+](=O)[O-].CCOc1ccccc1-c1ccc(CN)cc1N.CCOc1ccccc1-c1ccc(CNC(=O)OC(C)(C)C)cc1N.CCOc1ccccc1B(O)O.N#Cc1ccc(Br)c([N+](=O)[O-])c1.N#Cc1ccc(Br)cc1.O=S(=O)(O)O.O=[N+]([O-])O.[B]. The van der Waals surface area contributed by atoms with Crippen LogP contribution < -0.4 is 46.9 Å². The number of para-hydroxylation sites is 4. The second kappa shape index (κ2) is 64.7. The first-order valence-electron chi connectivity index (χ1n) is 39.9. The molecule has 0 aromatic heterocycles. The highest BCUT2D eigenvalue weighted by molar-refractivity contribution is 9.10. The molecule has 2 saturated heterocycles. The van der Waals surface area contributed by atoms with Gasteiger partial charge in [0.05, 0.1) is 81.2 Å². The average Bonchev–Trinajstić information content (AvgIpc) is 1.10. The van der Waals surface area contributed by atoms with Gasteiger partial charge in [-0.15, -0.1) is 10.1 Å². The zero-order valence-corrected chi connectivity index (χ0v) is 78.9. The number of nitrogen functional groups attached to an aromatic ring is 2. The molecule has 12 N–H and O–H groups in total. The molecule has 0 bridgehead atoms. The van der Waals surface area contributed by atoms with Gasteiger partial charge in [-0.1, -0.05) is 120 Å². The van der Waals surface area contributed by atoms with Gasteiger partial charge in [0, 0.05) is 109 Å². The van der Waals surface area contributed by atoms with Crippen molar-refractivity contribution in [1.82, 2.24) is 5.32 Å². The molecule has 1 amide bonds. The van der Waals surface area contributed by atoms with Gasteiger partial charge in [-0.05, 0) is 228 Å². The normalized spacial score (nSPS) is 11.0. The highest BCUT2D eigenvalue weighted by Gasteiger charge is 2.26. The molecule has 0 atom stereocenters. The van der Waals surface area contributed by atoms with Crippen LogP contribution in [0.25, 0.3) is 33.4 Å². The molecular formula is C91H115B2Br2N10O26S. The molecule has 132 heavy (non-hydrogen) atoms. The largest absolute Gasteiger partial charge is 0.519 e. The second-order valence-corrected chi connectivity index (χ2v) is 31.8. The number of nitrogens with one attached hydrogen (secondary N) is 1. The number of amides is 1. The molecule has 711 valence electrons. The van der Waals surface area contributed by atoms with E-state index in [4.69, 9.17) is 119 Å². The summed E-state index contributed by atoms with van der Waals surface area (Å²) in [5, 5.41) is 81.4. The van der Waals surface area contributed by atoms with Crippen molar-refractivity contribution in [3.63, 3.8) is 0 Å². The summed E-state index contributed by atoms with van der Waals surface area (Å²) in [6.45, 7) is 30.2. The molecule has 9 aromatic rings. The summed E-state index contributed by atoms with van der Waals surface area (Å²) in [6.07, 6.45) is 2.55. The lowest BCUT2D eigenvalue weighted by Gasteiger charge is -2.20. The summed E-state index contributed by atoms with van der Waals surface area (Å²) < 4.78 is 83.9. The van der Waals surface area contributed by atoms with Gasteiger partial charge in [-0.2, -0.15) is 24.2 Å². The van der Waals surface area contributed by atoms with Gasteiger partial charge in [-0.3, -0.25) is 29.3 Å². The number of nitro benzene ring substituents is 2. The quantitative estimate of drug-likeness (QED) is 0.00597. The van der Waals surface area contributed by atoms with Crippen molar-refractivity contribution in [2.75, 3.05) is 64.3 Å². The van der Waals surface area contributed by atoms with E-state index in [1.807, 2.05) is 170 Å². The molecule has 11 rings (SSSR count). The zero-order valence-electron chi connectivity index (χ0n) is 74.9. The van der Waals surface area contributed by atoms with Crippen LogP contribution in [0.4, 0.5) is 37.1 Å². The third-order valence-electron chi connectivity index (χ3n) is 15.4. The third-order valence-corrected chi connectivity index (χ3v) is 16.6. The number of alkyl carbamates (subject to hydrolysis) is 1. The van der Waals surface area contributed by atoms with E-state index in [1.54, 1.807) is 108 Å². The molecule has 2 aliphatic rings. The molecule has 2 heterocycles. The Kier molecular flexibility index (Phi) is 59.4. The topological polar surface area (TPSA) is 570 Å². The van der Waals surface area contributed by atoms with Crippen molar-refractivity contribution < 1.29 is 109 Å². The number of carbonyl (C=O) groups excluding carboxylic acids is 3. The van der Waals surface area contributed by atoms with E-state index in [-0.39, 0.29) is 38.3 Å². The van der Waals surface area contributed by atoms with Gasteiger partial charge in [0.25, 0.3) is 16.5 Å². The Morgan fingerprint density at radius 1 is 0.492 bits per heavy atom. The van der Waals surface area contributed by atoms with E-state index in [9.17, 15) is 34.6 Å². The monoisotopic (exact) mass is 1980 g/mol. The maximum atomic E-state index is 11.7. The maximum absolute atomic E-state index is 11.7. The fourth-order valence-electron chi connectivity index (χ4n) is 10.2. The number of ether oxygens (including phenoxy) is 10. The predicted octanol–water partition coefficient (Wildman–Crippen LogP) is 18.7. The van der Waals surface area contributed by atoms with Crippen LogP contribution in [-0.2, 0) is 51.9 Å². The lowest BCUT2D eigenvalue weighted by atomic mass is 9.80. The fourth-order valence-corrected chi connectivity index (χ4v) is 10.8. The van der Waals surface area contributed by atoms with E-state index >= 15 is 0 Å². The summed E-state index contributed by atoms with van der Waals surface area (Å²) >= 11 is 6.27. The van der Waals surface area contributed by atoms with Gasteiger partial charge < -0.3 is 85.1 Å². The van der Waals surface area contributed by atoms with Crippen molar-refractivity contribution in [1.29, 1.82) is 15.8 Å². The molecule has 2 aliphatic heterocycles. The summed E-state index contributed by atoms with van der Waals surface area (Å²) in [5.41, 5.74) is 25.7. The van der Waals surface area contributed by atoms with E-state index in [0.717, 1.165) is 81.5 Å². The summed E-state index contributed by atoms with van der Waals surface area (Å²) in [6, 6.07) is 62.9. The number of carbonyl (C=O) groups is 3. The zero-order chi connectivity index (χ0) is 98.2. The van der Waals surface area contributed by atoms with Crippen LogP contribution in [0.5, 0.6) is 23.0 Å². The Balaban J connectivity index is 0. The van der Waals surface area contributed by atoms with Crippen LogP contribution in [0.1, 0.15) is 151 Å². The number of rotatable bonds is 17. The van der Waals surface area contributed by atoms with Gasteiger partial charge in [0.1, 0.15) is 39.8 Å². The van der Waals surface area contributed by atoms with Crippen LogP contribution in [0.2, 0.25) is 0 Å². The molecule has 2 fully saturated rings. The van der Waals surface area contributed by atoms with Crippen molar-refractivity contribution in [3.8, 4) is 74.6 Å². The number of hydrogen-bond acceptors (Lipinski definition) is 29. The number of hydrogen-bond donors (Lipinski definition) is 9. The molecule has 41 heteroatoms. The number of benzene rings is 9. The Bertz CT molecular complexity index is 5210. The molecule has 3 radical (unpaired) electrons. The number of nitrogens with zero attached hydrogens (tertiary/aromatic N) is 6. The fraction of sp³-hybridized carbons (Fsp3) is 0.341. The van der Waals surface area contributed by atoms with Crippen molar-refractivity contribution >= 4 is 104 Å². The van der Waals surface area contributed by atoms with Gasteiger partial charge in [0.15, 0.2) is 0 Å². The summed E-state index contributed by atoms with van der Waals surface area (Å²) in [7, 11) is -6.13. The van der Waals surface area contributed by atoms with Gasteiger partial charge >= 0.3 is 35.9 Å². The Hall–Kier alpha value is -13.0.